The van der Waals surface area contributed by atoms with Crippen molar-refractivity contribution in [2.45, 2.75) is 24.6 Å². The molecule has 0 unspecified atom stereocenters. The summed E-state index contributed by atoms with van der Waals surface area (Å²) in [7, 11) is -1.29. The van der Waals surface area contributed by atoms with Gasteiger partial charge in [-0.05, 0) is 18.2 Å². The van der Waals surface area contributed by atoms with Gasteiger partial charge in [-0.15, -0.1) is 0 Å². The molecule has 1 aromatic heterocycles. The van der Waals surface area contributed by atoms with E-state index < -0.39 is 49.4 Å². The maximum absolute atomic E-state index is 15.3. The van der Waals surface area contributed by atoms with Crippen LogP contribution in [0.15, 0.2) is 64.1 Å². The molecule has 1 aromatic carbocycles. The standard InChI is InChI=1S/C19H20FN2O8P/c1-27-31(26,28-2)11-9-13-16(30-18(24)12-6-4-3-5-7-12)15(20)17(29-13)22-10-8-14(23)21-19(22)25/h3-11,13,15-17H,1-2H3,(H,21,23,25)/b11-9+/t13-,15-,16-,17-/m1/s1. The smallest absolute Gasteiger partial charge is 0.353 e. The number of carbonyl (C=O) groups is 1. The minimum absolute atomic E-state index is 0.182. The number of aromatic nitrogens is 2. The Morgan fingerprint density at radius 3 is 2.48 bits per heavy atom. The third-order valence-corrected chi connectivity index (χ3v) is 6.11. The molecular formula is C19H20FN2O8P. The molecule has 0 bridgehead atoms. The van der Waals surface area contributed by atoms with Gasteiger partial charge in [0.2, 0.25) is 0 Å². The fourth-order valence-corrected chi connectivity index (χ4v) is 3.72. The zero-order chi connectivity index (χ0) is 22.6. The Morgan fingerprint density at radius 2 is 1.87 bits per heavy atom. The van der Waals surface area contributed by atoms with E-state index in [1.807, 2.05) is 4.98 Å². The molecule has 1 fully saturated rings. The van der Waals surface area contributed by atoms with Crippen LogP contribution < -0.4 is 11.2 Å². The van der Waals surface area contributed by atoms with Gasteiger partial charge in [0.15, 0.2) is 18.5 Å². The van der Waals surface area contributed by atoms with E-state index in [2.05, 4.69) is 0 Å². The number of nitrogens with one attached hydrogen (secondary N) is 1. The molecule has 1 aliphatic rings. The predicted molar refractivity (Wildman–Crippen MR) is 107 cm³/mol. The molecule has 1 saturated heterocycles. The maximum atomic E-state index is 15.3. The molecule has 1 aliphatic heterocycles. The second-order valence-corrected chi connectivity index (χ2v) is 8.54. The van der Waals surface area contributed by atoms with Crippen LogP contribution in [0.4, 0.5) is 4.39 Å². The van der Waals surface area contributed by atoms with Crippen molar-refractivity contribution in [2.24, 2.45) is 0 Å². The van der Waals surface area contributed by atoms with Gasteiger partial charge in [-0.25, -0.2) is 14.0 Å². The summed E-state index contributed by atoms with van der Waals surface area (Å²) in [5.41, 5.74) is -1.39. The van der Waals surface area contributed by atoms with Crippen LogP contribution in [0, 0.1) is 0 Å². The molecule has 12 heteroatoms. The van der Waals surface area contributed by atoms with E-state index >= 15 is 4.39 Å². The normalized spacial score (nSPS) is 23.8. The first-order valence-electron chi connectivity index (χ1n) is 9.05. The first kappa shape index (κ1) is 22.8. The number of H-pyrrole nitrogens is 1. The van der Waals surface area contributed by atoms with Gasteiger partial charge in [0.05, 0.1) is 5.56 Å². The molecule has 166 valence electrons. The number of halogens is 1. The lowest BCUT2D eigenvalue weighted by atomic mass is 10.1. The van der Waals surface area contributed by atoms with Gasteiger partial charge >= 0.3 is 19.3 Å². The first-order chi connectivity index (χ1) is 14.8. The van der Waals surface area contributed by atoms with Crippen LogP contribution in [0.3, 0.4) is 0 Å². The summed E-state index contributed by atoms with van der Waals surface area (Å²) in [4.78, 5) is 37.9. The molecule has 3 rings (SSSR count). The van der Waals surface area contributed by atoms with Gasteiger partial charge in [-0.2, -0.15) is 0 Å². The summed E-state index contributed by atoms with van der Waals surface area (Å²) < 4.78 is 48.9. The number of carbonyl (C=O) groups excluding carboxylic acids is 1. The SMILES string of the molecule is COP(=O)(/C=C/[C@H]1O[C@@H](n2ccc(=O)[nH]c2=O)[C@H](F)[C@@H]1OC(=O)c1ccccc1)OC. The predicted octanol–water partition coefficient (Wildman–Crippen LogP) is 2.00. The fourth-order valence-electron chi connectivity index (χ4n) is 2.94. The molecule has 0 saturated carbocycles. The number of alkyl halides is 1. The van der Waals surface area contributed by atoms with E-state index in [9.17, 15) is 18.9 Å². The average molecular weight is 454 g/mol. The number of nitrogens with zero attached hydrogens (tertiary/aromatic N) is 1. The molecule has 10 nitrogen and oxygen atoms in total. The van der Waals surface area contributed by atoms with Crippen molar-refractivity contribution in [3.05, 3.63) is 80.9 Å². The summed E-state index contributed by atoms with van der Waals surface area (Å²) in [6.45, 7) is 0. The lowest BCUT2D eigenvalue weighted by molar-refractivity contribution is -0.0103. The molecule has 2 aromatic rings. The number of esters is 1. The van der Waals surface area contributed by atoms with Crippen LogP contribution in [0.5, 0.6) is 0 Å². The van der Waals surface area contributed by atoms with Crippen LogP contribution >= 0.6 is 7.60 Å². The Labute approximate surface area is 175 Å². The van der Waals surface area contributed by atoms with E-state index in [4.69, 9.17) is 18.5 Å². The molecule has 0 amide bonds. The molecule has 2 heterocycles. The van der Waals surface area contributed by atoms with Crippen LogP contribution in [-0.2, 0) is 23.1 Å². The summed E-state index contributed by atoms with van der Waals surface area (Å²) in [6.07, 6.45) is -3.98. The molecule has 31 heavy (non-hydrogen) atoms. The van der Waals surface area contributed by atoms with Gasteiger partial charge < -0.3 is 18.5 Å². The Bertz CT molecular complexity index is 1110. The second kappa shape index (κ2) is 9.52. The lowest BCUT2D eigenvalue weighted by Crippen LogP contribution is -2.37. The topological polar surface area (TPSA) is 126 Å². The number of rotatable bonds is 7. The maximum Gasteiger partial charge on any atom is 0.353 e. The van der Waals surface area contributed by atoms with E-state index in [1.54, 1.807) is 18.2 Å². The lowest BCUT2D eigenvalue weighted by Gasteiger charge is -2.18. The van der Waals surface area contributed by atoms with Crippen LogP contribution in [0.25, 0.3) is 0 Å². The molecule has 1 N–H and O–H groups in total. The third-order valence-electron chi connectivity index (χ3n) is 4.55. The van der Waals surface area contributed by atoms with E-state index in [0.29, 0.717) is 0 Å². The Hall–Kier alpha value is -2.85. The Kier molecular flexibility index (Phi) is 7.01. The number of ether oxygens (including phenoxy) is 2. The first-order valence-corrected chi connectivity index (χ1v) is 10.7. The molecular weight excluding hydrogens is 434 g/mol. The van der Waals surface area contributed by atoms with Gasteiger partial charge in [0.25, 0.3) is 5.56 Å². The monoisotopic (exact) mass is 454 g/mol. The highest BCUT2D eigenvalue weighted by Gasteiger charge is 2.48. The third kappa shape index (κ3) is 5.08. The van der Waals surface area contributed by atoms with Crippen molar-refractivity contribution in [1.29, 1.82) is 0 Å². The van der Waals surface area contributed by atoms with Crippen LogP contribution in [0.2, 0.25) is 0 Å². The van der Waals surface area contributed by atoms with Crippen LogP contribution in [-0.4, -0.2) is 48.1 Å². The Morgan fingerprint density at radius 1 is 1.19 bits per heavy atom. The second-order valence-electron chi connectivity index (χ2n) is 6.44. The van der Waals surface area contributed by atoms with E-state index in [0.717, 1.165) is 36.9 Å². The minimum atomic E-state index is -3.62. The number of hydrogen-bond donors (Lipinski definition) is 1. The van der Waals surface area contributed by atoms with Crippen molar-refractivity contribution >= 4 is 13.6 Å². The van der Waals surface area contributed by atoms with Crippen molar-refractivity contribution in [1.82, 2.24) is 9.55 Å². The van der Waals surface area contributed by atoms with Crippen molar-refractivity contribution in [3.8, 4) is 0 Å². The molecule has 0 spiro atoms. The summed E-state index contributed by atoms with van der Waals surface area (Å²) in [6, 6.07) is 8.93. The van der Waals surface area contributed by atoms with Crippen molar-refractivity contribution < 1.29 is 32.3 Å². The van der Waals surface area contributed by atoms with Gasteiger partial charge in [-0.3, -0.25) is 18.9 Å². The molecule has 0 aliphatic carbocycles. The minimum Gasteiger partial charge on any atom is -0.452 e. The number of hydrogen-bond acceptors (Lipinski definition) is 8. The zero-order valence-corrected chi connectivity index (χ0v) is 17.4. The van der Waals surface area contributed by atoms with E-state index in [1.165, 1.54) is 18.2 Å². The highest BCUT2D eigenvalue weighted by atomic mass is 31.2. The van der Waals surface area contributed by atoms with Crippen molar-refractivity contribution in [3.63, 3.8) is 0 Å². The van der Waals surface area contributed by atoms with Crippen LogP contribution in [0.1, 0.15) is 16.6 Å². The number of aromatic amines is 1. The summed E-state index contributed by atoms with van der Waals surface area (Å²) >= 11 is 0. The highest BCUT2D eigenvalue weighted by molar-refractivity contribution is 7.57. The summed E-state index contributed by atoms with van der Waals surface area (Å²) in [5.74, 6) is 0.234. The number of benzene rings is 1. The largest absolute Gasteiger partial charge is 0.452 e. The Balaban J connectivity index is 1.93. The molecule has 0 radical (unpaired) electrons. The fraction of sp³-hybridized carbons (Fsp3) is 0.316. The quantitative estimate of drug-likeness (QED) is 0.497. The van der Waals surface area contributed by atoms with Crippen molar-refractivity contribution in [2.75, 3.05) is 14.2 Å². The van der Waals surface area contributed by atoms with Gasteiger partial charge in [-0.1, -0.05) is 18.2 Å². The van der Waals surface area contributed by atoms with Gasteiger partial charge in [0.1, 0.15) is 6.10 Å². The summed E-state index contributed by atoms with van der Waals surface area (Å²) in [5, 5.41) is 0. The van der Waals surface area contributed by atoms with E-state index in [-0.39, 0.29) is 5.56 Å². The highest BCUT2D eigenvalue weighted by Crippen LogP contribution is 2.48. The molecule has 4 atom stereocenters. The van der Waals surface area contributed by atoms with Gasteiger partial charge in [0, 0.05) is 32.3 Å². The average Bonchev–Trinajstić information content (AvgIpc) is 3.08. The zero-order valence-electron chi connectivity index (χ0n) is 16.5.